The third-order valence-corrected chi connectivity index (χ3v) is 3.48. The van der Waals surface area contributed by atoms with Crippen LogP contribution in [0, 0.1) is 18.3 Å². The van der Waals surface area contributed by atoms with Crippen LogP contribution in [0.2, 0.25) is 0 Å². The van der Waals surface area contributed by atoms with E-state index >= 15 is 0 Å². The van der Waals surface area contributed by atoms with E-state index in [1.807, 2.05) is 43.8 Å². The Labute approximate surface area is 128 Å². The van der Waals surface area contributed by atoms with Crippen LogP contribution >= 0.6 is 0 Å². The van der Waals surface area contributed by atoms with Crippen molar-refractivity contribution in [3.05, 3.63) is 42.0 Å². The lowest BCUT2D eigenvalue weighted by atomic mass is 10.2. The Morgan fingerprint density at radius 2 is 2.09 bits per heavy atom. The molecule has 0 saturated carbocycles. The summed E-state index contributed by atoms with van der Waals surface area (Å²) in [6, 6.07) is 7.55. The van der Waals surface area contributed by atoms with Crippen LogP contribution in [0.1, 0.15) is 11.3 Å². The molecule has 0 radical (unpaired) electrons. The minimum atomic E-state index is 0.378. The number of aryl methyl sites for hydroxylation is 2. The lowest BCUT2D eigenvalue weighted by Gasteiger charge is -2.11. The molecule has 0 bridgehead atoms. The summed E-state index contributed by atoms with van der Waals surface area (Å²) in [7, 11) is 3.79. The van der Waals surface area contributed by atoms with Gasteiger partial charge in [-0.1, -0.05) is 0 Å². The number of nitrogens with zero attached hydrogens (tertiary/aromatic N) is 4. The second kappa shape index (κ2) is 5.37. The van der Waals surface area contributed by atoms with Gasteiger partial charge in [-0.05, 0) is 18.6 Å². The van der Waals surface area contributed by atoms with Crippen LogP contribution in [0.15, 0.2) is 30.7 Å². The molecule has 6 nitrogen and oxygen atoms in total. The van der Waals surface area contributed by atoms with Gasteiger partial charge >= 0.3 is 0 Å². The number of ether oxygens (including phenoxy) is 1. The fraction of sp³-hybridized carbons (Fsp3) is 0.188. The van der Waals surface area contributed by atoms with Gasteiger partial charge in [0.05, 0.1) is 23.7 Å². The molecule has 0 aliphatic carbocycles. The second-order valence-electron chi connectivity index (χ2n) is 4.99. The first-order valence-corrected chi connectivity index (χ1v) is 6.80. The quantitative estimate of drug-likeness (QED) is 0.803. The smallest absolute Gasteiger partial charge is 0.148 e. The molecule has 0 atom stereocenters. The molecule has 6 heteroatoms. The molecule has 0 amide bonds. The molecule has 0 fully saturated rings. The van der Waals surface area contributed by atoms with Gasteiger partial charge in [0.15, 0.2) is 0 Å². The number of nitrogens with one attached hydrogen (secondary N) is 1. The maximum Gasteiger partial charge on any atom is 0.148 e. The largest absolute Gasteiger partial charge is 0.455 e. The van der Waals surface area contributed by atoms with Crippen molar-refractivity contribution >= 4 is 16.7 Å². The predicted octanol–water partition coefficient (Wildman–Crippen LogP) is 2.98. The van der Waals surface area contributed by atoms with Gasteiger partial charge in [0.25, 0.3) is 0 Å². The Bertz CT molecular complexity index is 891. The van der Waals surface area contributed by atoms with Crippen LogP contribution in [0.5, 0.6) is 11.5 Å². The zero-order valence-electron chi connectivity index (χ0n) is 12.6. The van der Waals surface area contributed by atoms with Crippen LogP contribution in [0.4, 0.5) is 5.69 Å². The molecule has 0 unspecified atom stereocenters. The molecule has 110 valence electrons. The Balaban J connectivity index is 2.04. The highest BCUT2D eigenvalue weighted by atomic mass is 16.5. The van der Waals surface area contributed by atoms with Crippen LogP contribution in [0.3, 0.4) is 0 Å². The molecule has 3 aromatic rings. The fourth-order valence-electron chi connectivity index (χ4n) is 2.29. The third kappa shape index (κ3) is 2.33. The number of nitriles is 1. The first kappa shape index (κ1) is 13.9. The summed E-state index contributed by atoms with van der Waals surface area (Å²) < 4.78 is 7.87. The van der Waals surface area contributed by atoms with Crippen molar-refractivity contribution in [2.24, 2.45) is 7.05 Å². The van der Waals surface area contributed by atoms with Gasteiger partial charge in [0.1, 0.15) is 28.8 Å². The minimum Gasteiger partial charge on any atom is -0.455 e. The van der Waals surface area contributed by atoms with Gasteiger partial charge in [-0.3, -0.25) is 0 Å². The summed E-state index contributed by atoms with van der Waals surface area (Å²) in [6.45, 7) is 1.89. The zero-order chi connectivity index (χ0) is 15.7. The highest BCUT2D eigenvalue weighted by Gasteiger charge is 2.10. The molecule has 0 spiro atoms. The van der Waals surface area contributed by atoms with Gasteiger partial charge in [-0.15, -0.1) is 0 Å². The summed E-state index contributed by atoms with van der Waals surface area (Å²) in [5.41, 5.74) is 4.01. The minimum absolute atomic E-state index is 0.378. The van der Waals surface area contributed by atoms with Crippen LogP contribution in [-0.2, 0) is 7.05 Å². The van der Waals surface area contributed by atoms with Crippen molar-refractivity contribution in [1.29, 1.82) is 5.26 Å². The van der Waals surface area contributed by atoms with Gasteiger partial charge in [0.2, 0.25) is 0 Å². The van der Waals surface area contributed by atoms with Gasteiger partial charge in [-0.25, -0.2) is 9.97 Å². The standard InChI is InChI=1S/C16H15N5O/c1-10-4-11(7-17)19-8-15(10)22-12-5-13(18-2)16-14(6-12)21(3)9-20-16/h4-6,8-9,18H,1-3H3. The molecule has 0 saturated heterocycles. The van der Waals surface area contributed by atoms with E-state index in [0.29, 0.717) is 17.2 Å². The van der Waals surface area contributed by atoms with Gasteiger partial charge in [0, 0.05) is 26.2 Å². The van der Waals surface area contributed by atoms with Crippen molar-refractivity contribution in [3.8, 4) is 17.6 Å². The molecule has 2 heterocycles. The van der Waals surface area contributed by atoms with Crippen molar-refractivity contribution in [1.82, 2.24) is 14.5 Å². The summed E-state index contributed by atoms with van der Waals surface area (Å²) in [6.07, 6.45) is 3.34. The Hall–Kier alpha value is -3.07. The number of benzene rings is 1. The number of anilines is 1. The molecule has 1 N–H and O–H groups in total. The normalized spacial score (nSPS) is 10.5. The lowest BCUT2D eigenvalue weighted by molar-refractivity contribution is 0.477. The molecular formula is C16H15N5O. The van der Waals surface area contributed by atoms with E-state index in [2.05, 4.69) is 15.3 Å². The first-order chi connectivity index (χ1) is 10.6. The van der Waals surface area contributed by atoms with E-state index in [-0.39, 0.29) is 0 Å². The Kier molecular flexibility index (Phi) is 3.39. The maximum absolute atomic E-state index is 8.86. The van der Waals surface area contributed by atoms with Crippen molar-refractivity contribution in [2.45, 2.75) is 6.92 Å². The average molecular weight is 293 g/mol. The molecule has 0 aliphatic heterocycles. The van der Waals surface area contributed by atoms with E-state index in [9.17, 15) is 0 Å². The number of fused-ring (bicyclic) bond motifs is 1. The van der Waals surface area contributed by atoms with Crippen molar-refractivity contribution in [3.63, 3.8) is 0 Å². The van der Waals surface area contributed by atoms with E-state index in [0.717, 1.165) is 22.3 Å². The lowest BCUT2D eigenvalue weighted by Crippen LogP contribution is -1.95. The summed E-state index contributed by atoms with van der Waals surface area (Å²) in [5, 5.41) is 12.0. The first-order valence-electron chi connectivity index (χ1n) is 6.80. The second-order valence-corrected chi connectivity index (χ2v) is 4.99. The molecule has 0 aliphatic rings. The number of rotatable bonds is 3. The van der Waals surface area contributed by atoms with Crippen LogP contribution in [-0.4, -0.2) is 21.6 Å². The van der Waals surface area contributed by atoms with E-state index in [1.54, 1.807) is 18.6 Å². The van der Waals surface area contributed by atoms with Crippen LogP contribution < -0.4 is 10.1 Å². The molecule has 3 rings (SSSR count). The number of hydrogen-bond acceptors (Lipinski definition) is 5. The number of imidazole rings is 1. The summed E-state index contributed by atoms with van der Waals surface area (Å²) in [4.78, 5) is 8.42. The number of aromatic nitrogens is 3. The monoisotopic (exact) mass is 293 g/mol. The summed E-state index contributed by atoms with van der Waals surface area (Å²) in [5.74, 6) is 1.32. The Morgan fingerprint density at radius 3 is 2.77 bits per heavy atom. The fourth-order valence-corrected chi connectivity index (χ4v) is 2.29. The molecule has 22 heavy (non-hydrogen) atoms. The van der Waals surface area contributed by atoms with E-state index < -0.39 is 0 Å². The van der Waals surface area contributed by atoms with Crippen molar-refractivity contribution in [2.75, 3.05) is 12.4 Å². The SMILES string of the molecule is CNc1cc(Oc2cnc(C#N)cc2C)cc2c1ncn2C. The number of hydrogen-bond donors (Lipinski definition) is 1. The third-order valence-electron chi connectivity index (χ3n) is 3.48. The highest BCUT2D eigenvalue weighted by Crippen LogP contribution is 2.31. The van der Waals surface area contributed by atoms with Gasteiger partial charge in [-0.2, -0.15) is 5.26 Å². The van der Waals surface area contributed by atoms with Gasteiger partial charge < -0.3 is 14.6 Å². The van der Waals surface area contributed by atoms with Crippen LogP contribution in [0.25, 0.3) is 11.0 Å². The molecule has 2 aromatic heterocycles. The highest BCUT2D eigenvalue weighted by molar-refractivity contribution is 5.90. The topological polar surface area (TPSA) is 75.8 Å². The predicted molar refractivity (Wildman–Crippen MR) is 84.0 cm³/mol. The maximum atomic E-state index is 8.86. The molecular weight excluding hydrogens is 278 g/mol. The van der Waals surface area contributed by atoms with E-state index in [4.69, 9.17) is 10.00 Å². The molecule has 1 aromatic carbocycles. The summed E-state index contributed by atoms with van der Waals surface area (Å²) >= 11 is 0. The van der Waals surface area contributed by atoms with Crippen molar-refractivity contribution < 1.29 is 4.74 Å². The Morgan fingerprint density at radius 1 is 1.27 bits per heavy atom. The average Bonchev–Trinajstić information content (AvgIpc) is 2.90. The van der Waals surface area contributed by atoms with E-state index in [1.165, 1.54) is 0 Å². The number of pyridine rings is 1. The zero-order valence-corrected chi connectivity index (χ0v) is 12.6.